The van der Waals surface area contributed by atoms with Crippen molar-refractivity contribution in [2.45, 2.75) is 86.0 Å². The van der Waals surface area contributed by atoms with Gasteiger partial charge in [-0.25, -0.2) is 0 Å². The number of hydrogen-bond donors (Lipinski definition) is 0. The van der Waals surface area contributed by atoms with Gasteiger partial charge in [-0.1, -0.05) is 52.3 Å². The molecule has 4 aliphatic carbocycles. The van der Waals surface area contributed by atoms with E-state index in [1.54, 1.807) is 7.11 Å². The van der Waals surface area contributed by atoms with Crippen LogP contribution >= 0.6 is 0 Å². The zero-order valence-electron chi connectivity index (χ0n) is 22.0. The Bertz CT molecular complexity index is 948. The van der Waals surface area contributed by atoms with Crippen LogP contribution in [0.3, 0.4) is 0 Å². The molecule has 5 nitrogen and oxygen atoms in total. The van der Waals surface area contributed by atoms with Crippen molar-refractivity contribution in [2.75, 3.05) is 13.7 Å². The largest absolute Gasteiger partial charge is 0.462 e. The smallest absolute Gasteiger partial charge is 0.302 e. The van der Waals surface area contributed by atoms with Gasteiger partial charge < -0.3 is 14.2 Å². The molecule has 0 aromatic carbocycles. The van der Waals surface area contributed by atoms with E-state index in [9.17, 15) is 9.59 Å². The van der Waals surface area contributed by atoms with Crippen LogP contribution in [-0.4, -0.2) is 37.9 Å². The van der Waals surface area contributed by atoms with Crippen LogP contribution in [-0.2, 0) is 23.8 Å². The Morgan fingerprint density at radius 1 is 1.12 bits per heavy atom. The highest BCUT2D eigenvalue weighted by Gasteiger charge is 2.69. The number of ketones is 1. The lowest BCUT2D eigenvalue weighted by Crippen LogP contribution is -2.64. The summed E-state index contributed by atoms with van der Waals surface area (Å²) in [6.07, 6.45) is 11.1. The SMILES string of the molecule is COC1OCCC1C1CC=C2C1(C)CCC1C3(C)C=CC(=O)C(C)(C)C3CC(OC(C)=O)C21C. The summed E-state index contributed by atoms with van der Waals surface area (Å²) < 4.78 is 17.8. The maximum atomic E-state index is 12.9. The minimum Gasteiger partial charge on any atom is -0.462 e. The van der Waals surface area contributed by atoms with E-state index in [1.807, 2.05) is 6.08 Å². The summed E-state index contributed by atoms with van der Waals surface area (Å²) in [5.41, 5.74) is 0.655. The molecule has 0 spiro atoms. The lowest BCUT2D eigenvalue weighted by Gasteiger charge is -2.66. The van der Waals surface area contributed by atoms with Crippen LogP contribution in [0.2, 0.25) is 0 Å². The molecule has 188 valence electrons. The number of hydrogen-bond acceptors (Lipinski definition) is 5. The number of methoxy groups -OCH3 is 1. The Morgan fingerprint density at radius 3 is 2.53 bits per heavy atom. The molecule has 0 bridgehead atoms. The second-order valence-corrected chi connectivity index (χ2v) is 12.9. The molecule has 5 rings (SSSR count). The molecular weight excluding hydrogens is 428 g/mol. The third kappa shape index (κ3) is 3.05. The Hall–Kier alpha value is -1.46. The standard InChI is InChI=1S/C29H42O5/c1-17(30)34-24-16-22-26(2,3)23(31)11-14-28(22,5)21-10-13-27(4)19(8-9-20(27)29(21,24)6)18-12-15-33-25(18)32-7/h9,11,14,18-19,21-22,24-25H,8,10,12-13,15-16H2,1-7H3. The van der Waals surface area contributed by atoms with Crippen molar-refractivity contribution in [3.05, 3.63) is 23.8 Å². The average Bonchev–Trinajstić information content (AvgIpc) is 3.36. The van der Waals surface area contributed by atoms with Gasteiger partial charge in [0.25, 0.3) is 0 Å². The molecule has 1 saturated heterocycles. The molecule has 3 fully saturated rings. The highest BCUT2D eigenvalue weighted by molar-refractivity contribution is 5.95. The van der Waals surface area contributed by atoms with E-state index in [1.165, 1.54) is 12.5 Å². The van der Waals surface area contributed by atoms with Gasteiger partial charge in [0, 0.05) is 30.8 Å². The molecule has 2 saturated carbocycles. The second kappa shape index (κ2) is 7.77. The van der Waals surface area contributed by atoms with Gasteiger partial charge in [-0.15, -0.1) is 0 Å². The molecule has 9 atom stereocenters. The zero-order valence-corrected chi connectivity index (χ0v) is 22.0. The van der Waals surface area contributed by atoms with Gasteiger partial charge in [0.2, 0.25) is 0 Å². The summed E-state index contributed by atoms with van der Waals surface area (Å²) in [5, 5.41) is 0. The third-order valence-corrected chi connectivity index (χ3v) is 11.1. The van der Waals surface area contributed by atoms with Crippen molar-refractivity contribution in [1.29, 1.82) is 0 Å². The fourth-order valence-electron chi connectivity index (χ4n) is 9.51. The van der Waals surface area contributed by atoms with E-state index >= 15 is 0 Å². The minimum absolute atomic E-state index is 0.0334. The normalized spacial score (nSPS) is 49.1. The van der Waals surface area contributed by atoms with Crippen molar-refractivity contribution in [2.24, 2.45) is 45.3 Å². The molecule has 34 heavy (non-hydrogen) atoms. The molecule has 0 aromatic heterocycles. The molecule has 1 heterocycles. The van der Waals surface area contributed by atoms with Crippen molar-refractivity contribution >= 4 is 11.8 Å². The maximum absolute atomic E-state index is 12.9. The Balaban J connectivity index is 1.59. The van der Waals surface area contributed by atoms with E-state index in [2.05, 4.69) is 46.8 Å². The summed E-state index contributed by atoms with van der Waals surface area (Å²) >= 11 is 0. The van der Waals surface area contributed by atoms with Crippen LogP contribution in [0, 0.1) is 45.3 Å². The Morgan fingerprint density at radius 2 is 1.85 bits per heavy atom. The van der Waals surface area contributed by atoms with Crippen LogP contribution in [0.5, 0.6) is 0 Å². The third-order valence-electron chi connectivity index (χ3n) is 11.1. The quantitative estimate of drug-likeness (QED) is 0.403. The first-order chi connectivity index (χ1) is 15.9. The van der Waals surface area contributed by atoms with E-state index in [-0.39, 0.29) is 46.3 Å². The maximum Gasteiger partial charge on any atom is 0.302 e. The number of allylic oxidation sites excluding steroid dienone is 3. The fraction of sp³-hybridized carbons (Fsp3) is 0.793. The van der Waals surface area contributed by atoms with Gasteiger partial charge in [0.05, 0.1) is 6.61 Å². The van der Waals surface area contributed by atoms with Gasteiger partial charge in [-0.3, -0.25) is 9.59 Å². The van der Waals surface area contributed by atoms with Crippen LogP contribution in [0.1, 0.15) is 73.6 Å². The van der Waals surface area contributed by atoms with Crippen molar-refractivity contribution < 1.29 is 23.8 Å². The summed E-state index contributed by atoms with van der Waals surface area (Å²) in [6.45, 7) is 13.6. The van der Waals surface area contributed by atoms with Gasteiger partial charge in [-0.2, -0.15) is 0 Å². The van der Waals surface area contributed by atoms with Crippen LogP contribution in [0.15, 0.2) is 23.8 Å². The molecule has 0 amide bonds. The molecule has 0 N–H and O–H groups in total. The number of carbonyl (C=O) groups excluding carboxylic acids is 2. The van der Waals surface area contributed by atoms with Crippen molar-refractivity contribution in [3.63, 3.8) is 0 Å². The van der Waals surface area contributed by atoms with Crippen molar-refractivity contribution in [3.8, 4) is 0 Å². The van der Waals surface area contributed by atoms with Crippen LogP contribution in [0.4, 0.5) is 0 Å². The predicted molar refractivity (Wildman–Crippen MR) is 130 cm³/mol. The molecule has 9 unspecified atom stereocenters. The second-order valence-electron chi connectivity index (χ2n) is 12.9. The minimum atomic E-state index is -0.469. The summed E-state index contributed by atoms with van der Waals surface area (Å²) in [7, 11) is 1.75. The summed E-state index contributed by atoms with van der Waals surface area (Å²) in [6, 6.07) is 0. The Labute approximate surface area is 204 Å². The number of esters is 1. The first-order valence-corrected chi connectivity index (χ1v) is 13.2. The highest BCUT2D eigenvalue weighted by atomic mass is 16.7. The first kappa shape index (κ1) is 24.2. The number of ether oxygens (including phenoxy) is 3. The van der Waals surface area contributed by atoms with Gasteiger partial charge >= 0.3 is 5.97 Å². The van der Waals surface area contributed by atoms with Crippen LogP contribution < -0.4 is 0 Å². The molecule has 5 aliphatic rings. The molecule has 1 aliphatic heterocycles. The lowest BCUT2D eigenvalue weighted by molar-refractivity contribution is -0.189. The first-order valence-electron chi connectivity index (χ1n) is 13.2. The lowest BCUT2D eigenvalue weighted by atomic mass is 9.38. The van der Waals surface area contributed by atoms with Gasteiger partial charge in [0.15, 0.2) is 12.1 Å². The van der Waals surface area contributed by atoms with E-state index in [0.29, 0.717) is 17.8 Å². The van der Waals surface area contributed by atoms with Gasteiger partial charge in [0.1, 0.15) is 6.10 Å². The van der Waals surface area contributed by atoms with Crippen LogP contribution in [0.25, 0.3) is 0 Å². The Kier molecular flexibility index (Phi) is 5.54. The predicted octanol–water partition coefficient (Wildman–Crippen LogP) is 5.49. The van der Waals surface area contributed by atoms with Crippen molar-refractivity contribution in [1.82, 2.24) is 0 Å². The van der Waals surface area contributed by atoms with E-state index in [0.717, 1.165) is 38.7 Å². The molecule has 0 radical (unpaired) electrons. The molecular formula is C29H42O5. The topological polar surface area (TPSA) is 61.8 Å². The highest BCUT2D eigenvalue weighted by Crippen LogP contribution is 2.72. The van der Waals surface area contributed by atoms with E-state index < -0.39 is 5.41 Å². The monoisotopic (exact) mass is 470 g/mol. The summed E-state index contributed by atoms with van der Waals surface area (Å²) in [4.78, 5) is 25.3. The number of fused-ring (bicyclic) bond motifs is 5. The number of rotatable bonds is 3. The van der Waals surface area contributed by atoms with E-state index in [4.69, 9.17) is 14.2 Å². The van der Waals surface area contributed by atoms with Gasteiger partial charge in [-0.05, 0) is 66.8 Å². The summed E-state index contributed by atoms with van der Waals surface area (Å²) in [5.74, 6) is 1.26. The zero-order chi connectivity index (χ0) is 24.7. The molecule has 0 aromatic rings. The molecule has 5 heteroatoms. The average molecular weight is 471 g/mol. The number of carbonyl (C=O) groups is 2. The fourth-order valence-corrected chi connectivity index (χ4v) is 9.51.